The van der Waals surface area contributed by atoms with Crippen molar-refractivity contribution >= 4 is 16.0 Å². The monoisotopic (exact) mass is 466 g/mol. The van der Waals surface area contributed by atoms with Gasteiger partial charge in [0, 0.05) is 11.8 Å². The quantitative estimate of drug-likeness (QED) is 0.506. The minimum Gasteiger partial charge on any atom is -0.460 e. The molecular formula is C21H17F3N2O5S. The van der Waals surface area contributed by atoms with Gasteiger partial charge in [0.15, 0.2) is 0 Å². The lowest BCUT2D eigenvalue weighted by atomic mass is 10.2. The van der Waals surface area contributed by atoms with Crippen molar-refractivity contribution in [3.63, 3.8) is 0 Å². The van der Waals surface area contributed by atoms with Crippen LogP contribution in [-0.2, 0) is 32.3 Å². The number of hydrogen-bond donors (Lipinski definition) is 1. The summed E-state index contributed by atoms with van der Waals surface area (Å²) in [4.78, 5) is 15.3. The molecule has 0 radical (unpaired) electrons. The Hall–Kier alpha value is -3.44. The number of pyridine rings is 1. The van der Waals surface area contributed by atoms with Gasteiger partial charge >= 0.3 is 12.1 Å². The molecule has 0 amide bonds. The average Bonchev–Trinajstić information content (AvgIpc) is 2.77. The second-order valence-corrected chi connectivity index (χ2v) is 8.18. The second-order valence-electron chi connectivity index (χ2n) is 6.41. The summed E-state index contributed by atoms with van der Waals surface area (Å²) in [6, 6.07) is 13.3. The summed E-state index contributed by atoms with van der Waals surface area (Å²) in [5.74, 6) is -0.0327. The first-order valence-corrected chi connectivity index (χ1v) is 10.6. The van der Waals surface area contributed by atoms with Crippen LogP contribution in [0, 0.1) is 0 Å². The standard InChI is InChI=1S/C21H17F3N2O5S/c22-21(23,24)16-6-3-8-18(11-16)32(28,29)26-13-20(27)30-14-15-5-1-2-9-19(15)31-17-7-4-10-25-12-17/h1-12,26H,13-14H2. The maximum Gasteiger partial charge on any atom is 0.416 e. The smallest absolute Gasteiger partial charge is 0.416 e. The maximum absolute atomic E-state index is 12.8. The molecule has 1 N–H and O–H groups in total. The fourth-order valence-electron chi connectivity index (χ4n) is 2.54. The molecule has 3 rings (SSSR count). The Labute approximate surface area is 181 Å². The number of rotatable bonds is 8. The molecule has 0 fully saturated rings. The molecule has 0 aliphatic heterocycles. The van der Waals surface area contributed by atoms with Crippen LogP contribution in [0.3, 0.4) is 0 Å². The van der Waals surface area contributed by atoms with E-state index in [1.807, 2.05) is 4.72 Å². The lowest BCUT2D eigenvalue weighted by molar-refractivity contribution is -0.143. The van der Waals surface area contributed by atoms with E-state index in [1.54, 1.807) is 42.6 Å². The van der Waals surface area contributed by atoms with Crippen LogP contribution in [0.2, 0.25) is 0 Å². The molecule has 11 heteroatoms. The molecule has 32 heavy (non-hydrogen) atoms. The van der Waals surface area contributed by atoms with E-state index in [0.717, 1.165) is 18.2 Å². The summed E-state index contributed by atoms with van der Waals surface area (Å²) in [5, 5.41) is 0. The molecule has 0 aliphatic rings. The summed E-state index contributed by atoms with van der Waals surface area (Å²) in [5.41, 5.74) is -0.599. The van der Waals surface area contributed by atoms with Crippen molar-refractivity contribution in [2.45, 2.75) is 17.7 Å². The van der Waals surface area contributed by atoms with Gasteiger partial charge in [0.25, 0.3) is 0 Å². The molecular weight excluding hydrogens is 449 g/mol. The van der Waals surface area contributed by atoms with Crippen LogP contribution < -0.4 is 9.46 Å². The maximum atomic E-state index is 12.8. The molecule has 0 saturated heterocycles. The highest BCUT2D eigenvalue weighted by molar-refractivity contribution is 7.89. The molecule has 1 heterocycles. The number of sulfonamides is 1. The zero-order valence-corrected chi connectivity index (χ0v) is 17.2. The summed E-state index contributed by atoms with van der Waals surface area (Å²) >= 11 is 0. The molecule has 0 spiro atoms. The number of hydrogen-bond acceptors (Lipinski definition) is 6. The van der Waals surface area contributed by atoms with Gasteiger partial charge in [0.05, 0.1) is 16.7 Å². The van der Waals surface area contributed by atoms with Crippen LogP contribution in [0.15, 0.2) is 78.0 Å². The van der Waals surface area contributed by atoms with E-state index < -0.39 is 39.2 Å². The van der Waals surface area contributed by atoms with Crippen LogP contribution in [0.4, 0.5) is 13.2 Å². The summed E-state index contributed by atoms with van der Waals surface area (Å²) in [6.45, 7) is -0.967. The van der Waals surface area contributed by atoms with Crippen molar-refractivity contribution in [2.75, 3.05) is 6.54 Å². The molecule has 7 nitrogen and oxygen atoms in total. The van der Waals surface area contributed by atoms with Crippen LogP contribution in [0.5, 0.6) is 11.5 Å². The number of carbonyl (C=O) groups excluding carboxylic acids is 1. The number of benzene rings is 2. The Kier molecular flexibility index (Phi) is 7.11. The fourth-order valence-corrected chi connectivity index (χ4v) is 3.56. The SMILES string of the molecule is O=C(CNS(=O)(=O)c1cccc(C(F)(F)F)c1)OCc1ccccc1Oc1cccnc1. The zero-order valence-electron chi connectivity index (χ0n) is 16.4. The third-order valence-corrected chi connectivity index (χ3v) is 5.50. The van der Waals surface area contributed by atoms with E-state index in [1.165, 1.54) is 6.20 Å². The van der Waals surface area contributed by atoms with Gasteiger partial charge in [-0.1, -0.05) is 24.3 Å². The first-order valence-electron chi connectivity index (χ1n) is 9.13. The minimum atomic E-state index is -4.70. The Bertz CT molecular complexity index is 1190. The molecule has 0 aliphatic carbocycles. The number of carbonyl (C=O) groups is 1. The number of ether oxygens (including phenoxy) is 2. The second kappa shape index (κ2) is 9.79. The highest BCUT2D eigenvalue weighted by Crippen LogP contribution is 2.30. The van der Waals surface area contributed by atoms with E-state index in [-0.39, 0.29) is 6.61 Å². The van der Waals surface area contributed by atoms with Crippen LogP contribution in [-0.4, -0.2) is 25.9 Å². The first-order chi connectivity index (χ1) is 15.1. The van der Waals surface area contributed by atoms with Gasteiger partial charge in [-0.3, -0.25) is 9.78 Å². The normalized spacial score (nSPS) is 11.7. The molecule has 0 unspecified atom stereocenters. The van der Waals surface area contributed by atoms with Crippen LogP contribution >= 0.6 is 0 Å². The van der Waals surface area contributed by atoms with Crippen molar-refractivity contribution < 1.29 is 35.9 Å². The van der Waals surface area contributed by atoms with Crippen molar-refractivity contribution in [3.05, 3.63) is 84.2 Å². The molecule has 0 saturated carbocycles. The van der Waals surface area contributed by atoms with Crippen molar-refractivity contribution in [2.24, 2.45) is 0 Å². The molecule has 2 aromatic carbocycles. The Morgan fingerprint density at radius 1 is 1.03 bits per heavy atom. The van der Waals surface area contributed by atoms with E-state index in [0.29, 0.717) is 23.1 Å². The van der Waals surface area contributed by atoms with E-state index >= 15 is 0 Å². The van der Waals surface area contributed by atoms with Gasteiger partial charge < -0.3 is 9.47 Å². The highest BCUT2D eigenvalue weighted by atomic mass is 32.2. The third-order valence-electron chi connectivity index (χ3n) is 4.10. The predicted molar refractivity (Wildman–Crippen MR) is 107 cm³/mol. The van der Waals surface area contributed by atoms with Gasteiger partial charge in [0.2, 0.25) is 10.0 Å². The molecule has 3 aromatic rings. The molecule has 1 aromatic heterocycles. The zero-order chi connectivity index (χ0) is 23.2. The largest absolute Gasteiger partial charge is 0.460 e. The number of para-hydroxylation sites is 1. The number of alkyl halides is 3. The predicted octanol–water partition coefficient (Wildman–Crippen LogP) is 3.91. The van der Waals surface area contributed by atoms with Gasteiger partial charge in [-0.15, -0.1) is 0 Å². The Morgan fingerprint density at radius 2 is 1.81 bits per heavy atom. The average molecular weight is 466 g/mol. The van der Waals surface area contributed by atoms with Crippen LogP contribution in [0.25, 0.3) is 0 Å². The fraction of sp³-hybridized carbons (Fsp3) is 0.143. The van der Waals surface area contributed by atoms with Gasteiger partial charge in [0.1, 0.15) is 24.7 Å². The molecule has 168 valence electrons. The van der Waals surface area contributed by atoms with Crippen LogP contribution in [0.1, 0.15) is 11.1 Å². The Morgan fingerprint density at radius 3 is 2.53 bits per heavy atom. The first kappa shape index (κ1) is 23.2. The summed E-state index contributed by atoms with van der Waals surface area (Å²) in [7, 11) is -4.35. The van der Waals surface area contributed by atoms with E-state index in [4.69, 9.17) is 9.47 Å². The minimum absolute atomic E-state index is 0.208. The van der Waals surface area contributed by atoms with Gasteiger partial charge in [-0.2, -0.15) is 17.9 Å². The molecule has 0 atom stereocenters. The number of aromatic nitrogens is 1. The summed E-state index contributed by atoms with van der Waals surface area (Å²) < 4.78 is 75.6. The lowest BCUT2D eigenvalue weighted by Gasteiger charge is -2.12. The topological polar surface area (TPSA) is 94.6 Å². The van der Waals surface area contributed by atoms with Crippen molar-refractivity contribution in [3.8, 4) is 11.5 Å². The lowest BCUT2D eigenvalue weighted by Crippen LogP contribution is -2.30. The highest BCUT2D eigenvalue weighted by Gasteiger charge is 2.31. The van der Waals surface area contributed by atoms with Crippen molar-refractivity contribution in [1.29, 1.82) is 0 Å². The van der Waals surface area contributed by atoms with E-state index in [9.17, 15) is 26.4 Å². The Balaban J connectivity index is 1.59. The van der Waals surface area contributed by atoms with Gasteiger partial charge in [-0.25, -0.2) is 8.42 Å². The van der Waals surface area contributed by atoms with Crippen molar-refractivity contribution in [1.82, 2.24) is 9.71 Å². The number of halogens is 3. The molecule has 0 bridgehead atoms. The number of esters is 1. The number of nitrogens with one attached hydrogen (secondary N) is 1. The third kappa shape index (κ3) is 6.28. The summed E-state index contributed by atoms with van der Waals surface area (Å²) in [6.07, 6.45) is -1.61. The number of nitrogens with zero attached hydrogens (tertiary/aromatic N) is 1. The van der Waals surface area contributed by atoms with Gasteiger partial charge in [-0.05, 0) is 36.4 Å². The van der Waals surface area contributed by atoms with E-state index in [2.05, 4.69) is 4.98 Å².